The van der Waals surface area contributed by atoms with Gasteiger partial charge in [-0.15, -0.1) is 0 Å². The first-order valence-electron chi connectivity index (χ1n) is 7.55. The van der Waals surface area contributed by atoms with Gasteiger partial charge >= 0.3 is 0 Å². The molecule has 122 valence electrons. The average Bonchev–Trinajstić information content (AvgIpc) is 2.33. The Morgan fingerprint density at radius 3 is 1.95 bits per heavy atom. The van der Waals surface area contributed by atoms with Crippen molar-refractivity contribution in [2.75, 3.05) is 0 Å². The van der Waals surface area contributed by atoms with Gasteiger partial charge in [-0.1, -0.05) is 13.8 Å². The van der Waals surface area contributed by atoms with Crippen LogP contribution in [0.4, 0.5) is 0 Å². The lowest BCUT2D eigenvalue weighted by atomic mass is 9.84. The van der Waals surface area contributed by atoms with Crippen LogP contribution in [0.3, 0.4) is 0 Å². The largest absolute Gasteiger partial charge is 0.337 e. The minimum absolute atomic E-state index is 0.275. The van der Waals surface area contributed by atoms with Crippen LogP contribution in [-0.4, -0.2) is 16.8 Å². The fraction of sp³-hybridized carbons (Fsp3) is 0.765. The molecule has 0 saturated heterocycles. The first-order chi connectivity index (χ1) is 9.44. The summed E-state index contributed by atoms with van der Waals surface area (Å²) in [6.07, 6.45) is 6.52. The van der Waals surface area contributed by atoms with Crippen molar-refractivity contribution in [1.82, 2.24) is 0 Å². The normalized spacial score (nSPS) is 23.4. The molecular formula is C17H30O4. The molecule has 0 bridgehead atoms. The van der Waals surface area contributed by atoms with Gasteiger partial charge in [-0.05, 0) is 65.7 Å². The summed E-state index contributed by atoms with van der Waals surface area (Å²) in [6.45, 7) is 16.0. The van der Waals surface area contributed by atoms with Gasteiger partial charge in [-0.25, -0.2) is 9.78 Å². The Morgan fingerprint density at radius 1 is 1.00 bits per heavy atom. The van der Waals surface area contributed by atoms with E-state index in [4.69, 9.17) is 19.6 Å². The van der Waals surface area contributed by atoms with E-state index in [-0.39, 0.29) is 17.1 Å². The fourth-order valence-corrected chi connectivity index (χ4v) is 1.64. The maximum Gasteiger partial charge on any atom is 0.161 e. The van der Waals surface area contributed by atoms with Crippen molar-refractivity contribution in [2.24, 2.45) is 5.92 Å². The van der Waals surface area contributed by atoms with Crippen LogP contribution in [0.5, 0.6) is 0 Å². The molecule has 0 spiro atoms. The van der Waals surface area contributed by atoms with E-state index in [1.807, 2.05) is 59.8 Å². The number of hydrogen-bond donors (Lipinski definition) is 0. The highest BCUT2D eigenvalue weighted by molar-refractivity contribution is 5.24. The highest BCUT2D eigenvalue weighted by Crippen LogP contribution is 2.34. The summed E-state index contributed by atoms with van der Waals surface area (Å²) in [5.41, 5.74) is -1.15. The third-order valence-corrected chi connectivity index (χ3v) is 2.96. The lowest BCUT2D eigenvalue weighted by molar-refractivity contribution is -0.400. The van der Waals surface area contributed by atoms with Crippen LogP contribution < -0.4 is 0 Å². The number of allylic oxidation sites excluding steroid dienone is 1. The second-order valence-corrected chi connectivity index (χ2v) is 7.81. The predicted octanol–water partition coefficient (Wildman–Crippen LogP) is 4.72. The molecule has 0 radical (unpaired) electrons. The summed E-state index contributed by atoms with van der Waals surface area (Å²) in [6, 6.07) is 0. The molecule has 0 fully saturated rings. The Hall–Kier alpha value is -0.840. The quantitative estimate of drug-likeness (QED) is 0.543. The van der Waals surface area contributed by atoms with Gasteiger partial charge in [0.15, 0.2) is 5.76 Å². The van der Waals surface area contributed by atoms with E-state index in [2.05, 4.69) is 13.8 Å². The van der Waals surface area contributed by atoms with E-state index in [9.17, 15) is 0 Å². The number of hydrogen-bond acceptors (Lipinski definition) is 4. The van der Waals surface area contributed by atoms with Crippen LogP contribution in [0, 0.1) is 5.92 Å². The monoisotopic (exact) mass is 298 g/mol. The molecule has 0 amide bonds. The molecule has 21 heavy (non-hydrogen) atoms. The van der Waals surface area contributed by atoms with Crippen molar-refractivity contribution in [3.8, 4) is 0 Å². The van der Waals surface area contributed by atoms with E-state index in [0.29, 0.717) is 12.2 Å². The molecule has 0 saturated carbocycles. The molecule has 1 unspecified atom stereocenters. The molecule has 1 aliphatic rings. The highest BCUT2D eigenvalue weighted by atomic mass is 17.2. The average molecular weight is 298 g/mol. The minimum atomic E-state index is -0.470. The van der Waals surface area contributed by atoms with E-state index >= 15 is 0 Å². The van der Waals surface area contributed by atoms with Crippen LogP contribution in [0.1, 0.15) is 61.8 Å². The van der Waals surface area contributed by atoms with Gasteiger partial charge in [0.1, 0.15) is 11.2 Å². The van der Waals surface area contributed by atoms with Crippen LogP contribution in [0.15, 0.2) is 24.0 Å². The van der Waals surface area contributed by atoms with Crippen LogP contribution in [0.25, 0.3) is 0 Å². The zero-order chi connectivity index (χ0) is 16.3. The molecule has 0 N–H and O–H groups in total. The fourth-order valence-electron chi connectivity index (χ4n) is 1.64. The Kier molecular flexibility index (Phi) is 5.64. The maximum absolute atomic E-state index is 5.76. The van der Waals surface area contributed by atoms with Crippen LogP contribution in [-0.2, 0) is 19.6 Å². The smallest absolute Gasteiger partial charge is 0.161 e. The summed E-state index contributed by atoms with van der Waals surface area (Å²) in [4.78, 5) is 22.0. The Labute approximate surface area is 129 Å². The van der Waals surface area contributed by atoms with Crippen molar-refractivity contribution in [1.29, 1.82) is 0 Å². The number of rotatable bonds is 5. The Balaban J connectivity index is 2.68. The second-order valence-electron chi connectivity index (χ2n) is 7.81. The molecule has 0 aromatic rings. The molecule has 0 aromatic heterocycles. The minimum Gasteiger partial charge on any atom is -0.337 e. The Morgan fingerprint density at radius 2 is 1.57 bits per heavy atom. The third kappa shape index (κ3) is 6.20. The van der Waals surface area contributed by atoms with Crippen molar-refractivity contribution >= 4 is 0 Å². The summed E-state index contributed by atoms with van der Waals surface area (Å²) < 4.78 is 0. The third-order valence-electron chi connectivity index (χ3n) is 2.96. The molecule has 1 rings (SSSR count). The maximum atomic E-state index is 5.76. The van der Waals surface area contributed by atoms with E-state index in [1.165, 1.54) is 0 Å². The molecule has 1 atom stereocenters. The van der Waals surface area contributed by atoms with Gasteiger partial charge in [0.05, 0.1) is 5.60 Å². The standard InChI is InChI=1S/C17H30O4/c1-13(2)17(21-20-16(6,7)8)11-9-14(10-12-17)18-19-15(3,4)5/h9-11,13H,12H2,1-8H3. The van der Waals surface area contributed by atoms with Crippen molar-refractivity contribution in [3.05, 3.63) is 24.0 Å². The lowest BCUT2D eigenvalue weighted by Gasteiger charge is -2.36. The summed E-state index contributed by atoms with van der Waals surface area (Å²) in [5, 5.41) is 0. The van der Waals surface area contributed by atoms with Crippen LogP contribution >= 0.6 is 0 Å². The van der Waals surface area contributed by atoms with Gasteiger partial charge < -0.3 is 4.89 Å². The Bertz CT molecular complexity index is 396. The van der Waals surface area contributed by atoms with Gasteiger partial charge in [0, 0.05) is 6.42 Å². The first kappa shape index (κ1) is 18.2. The SMILES string of the molecule is CC(C)C1(OOC(C)(C)C)C=CC(OOC(C)(C)C)=CC1. The summed E-state index contributed by atoms with van der Waals surface area (Å²) in [7, 11) is 0. The van der Waals surface area contributed by atoms with E-state index < -0.39 is 5.60 Å². The summed E-state index contributed by atoms with van der Waals surface area (Å²) in [5.74, 6) is 0.970. The van der Waals surface area contributed by atoms with Crippen molar-refractivity contribution < 1.29 is 19.6 Å². The molecule has 0 aromatic carbocycles. The zero-order valence-electron chi connectivity index (χ0n) is 14.6. The van der Waals surface area contributed by atoms with Crippen LogP contribution in [0.2, 0.25) is 0 Å². The molecule has 0 aliphatic heterocycles. The van der Waals surface area contributed by atoms with Gasteiger partial charge in [0.2, 0.25) is 0 Å². The zero-order valence-corrected chi connectivity index (χ0v) is 14.6. The predicted molar refractivity (Wildman–Crippen MR) is 83.3 cm³/mol. The highest BCUT2D eigenvalue weighted by Gasteiger charge is 2.36. The molecule has 4 heteroatoms. The van der Waals surface area contributed by atoms with Gasteiger partial charge in [-0.3, -0.25) is 0 Å². The topological polar surface area (TPSA) is 36.9 Å². The lowest BCUT2D eigenvalue weighted by Crippen LogP contribution is -2.40. The van der Waals surface area contributed by atoms with Gasteiger partial charge in [-0.2, -0.15) is 4.89 Å². The van der Waals surface area contributed by atoms with E-state index in [0.717, 1.165) is 0 Å². The van der Waals surface area contributed by atoms with E-state index in [1.54, 1.807) is 0 Å². The second kappa shape index (κ2) is 6.51. The first-order valence-corrected chi connectivity index (χ1v) is 7.55. The summed E-state index contributed by atoms with van der Waals surface area (Å²) >= 11 is 0. The molecule has 1 aliphatic carbocycles. The molecule has 0 heterocycles. The molecular weight excluding hydrogens is 268 g/mol. The van der Waals surface area contributed by atoms with Gasteiger partial charge in [0.25, 0.3) is 0 Å². The van der Waals surface area contributed by atoms with Crippen molar-refractivity contribution in [2.45, 2.75) is 78.6 Å². The van der Waals surface area contributed by atoms with Crippen molar-refractivity contribution in [3.63, 3.8) is 0 Å². The molecule has 4 nitrogen and oxygen atoms in total.